The van der Waals surface area contributed by atoms with Crippen molar-refractivity contribution in [2.24, 2.45) is 0 Å². The number of rotatable bonds is 2. The molecule has 2 rings (SSSR count). The van der Waals surface area contributed by atoms with Crippen LogP contribution in [0.15, 0.2) is 18.2 Å². The van der Waals surface area contributed by atoms with Crippen LogP contribution in [0.2, 0.25) is 0 Å². The molecule has 1 aromatic rings. The van der Waals surface area contributed by atoms with Gasteiger partial charge in [0.15, 0.2) is 0 Å². The molecule has 0 spiro atoms. The third kappa shape index (κ3) is 2.51. The van der Waals surface area contributed by atoms with Crippen molar-refractivity contribution in [3.8, 4) is 11.8 Å². The Bertz CT molecular complexity index is 431. The minimum Gasteiger partial charge on any atom is -0.497 e. The highest BCUT2D eigenvalue weighted by Gasteiger charge is 2.17. The van der Waals surface area contributed by atoms with Gasteiger partial charge in [0.05, 0.1) is 18.4 Å². The summed E-state index contributed by atoms with van der Waals surface area (Å²) < 4.78 is 5.22. The third-order valence-electron chi connectivity index (χ3n) is 3.17. The van der Waals surface area contributed by atoms with Gasteiger partial charge in [0.25, 0.3) is 0 Å². The van der Waals surface area contributed by atoms with Crippen molar-refractivity contribution >= 4 is 5.69 Å². The number of hydrogen-bond donors (Lipinski definition) is 0. The number of ether oxygens (including phenoxy) is 1. The van der Waals surface area contributed by atoms with Crippen LogP contribution in [-0.2, 0) is 0 Å². The number of nitriles is 1. The molecule has 1 saturated heterocycles. The Labute approximate surface area is 102 Å². The zero-order valence-electron chi connectivity index (χ0n) is 10.3. The fourth-order valence-corrected chi connectivity index (χ4v) is 2.04. The first kappa shape index (κ1) is 11.7. The van der Waals surface area contributed by atoms with E-state index in [-0.39, 0.29) is 0 Å². The summed E-state index contributed by atoms with van der Waals surface area (Å²) in [5.74, 6) is 0.804. The molecule has 1 aliphatic rings. The monoisotopic (exact) mass is 231 g/mol. The van der Waals surface area contributed by atoms with Crippen LogP contribution in [-0.4, -0.2) is 45.2 Å². The summed E-state index contributed by atoms with van der Waals surface area (Å²) in [4.78, 5) is 4.55. The van der Waals surface area contributed by atoms with Gasteiger partial charge in [0, 0.05) is 32.2 Å². The Morgan fingerprint density at radius 3 is 2.53 bits per heavy atom. The van der Waals surface area contributed by atoms with Crippen LogP contribution < -0.4 is 9.64 Å². The van der Waals surface area contributed by atoms with Gasteiger partial charge in [-0.2, -0.15) is 5.26 Å². The molecule has 90 valence electrons. The quantitative estimate of drug-likeness (QED) is 0.769. The van der Waals surface area contributed by atoms with Crippen molar-refractivity contribution in [1.82, 2.24) is 4.90 Å². The smallest absolute Gasteiger partial charge is 0.121 e. The normalized spacial score (nSPS) is 16.6. The van der Waals surface area contributed by atoms with Crippen LogP contribution in [0, 0.1) is 11.3 Å². The topological polar surface area (TPSA) is 39.5 Å². The second-order valence-electron chi connectivity index (χ2n) is 4.29. The Morgan fingerprint density at radius 2 is 1.94 bits per heavy atom. The number of likely N-dealkylation sites (N-methyl/N-ethyl adjacent to an activating group) is 1. The predicted octanol–water partition coefficient (Wildman–Crippen LogP) is 1.32. The molecule has 0 N–H and O–H groups in total. The van der Waals surface area contributed by atoms with Crippen LogP contribution in [0.4, 0.5) is 5.69 Å². The average Bonchev–Trinajstić information content (AvgIpc) is 2.39. The second-order valence-corrected chi connectivity index (χ2v) is 4.29. The molecular weight excluding hydrogens is 214 g/mol. The van der Waals surface area contributed by atoms with E-state index in [4.69, 9.17) is 10.00 Å². The summed E-state index contributed by atoms with van der Waals surface area (Å²) in [6.45, 7) is 3.97. The van der Waals surface area contributed by atoms with Gasteiger partial charge < -0.3 is 14.5 Å². The fraction of sp³-hybridized carbons (Fsp3) is 0.462. The van der Waals surface area contributed by atoms with Gasteiger partial charge in [0.1, 0.15) is 11.8 Å². The minimum absolute atomic E-state index is 0.718. The molecule has 4 nitrogen and oxygen atoms in total. The van der Waals surface area contributed by atoms with Gasteiger partial charge in [-0.1, -0.05) is 0 Å². The van der Waals surface area contributed by atoms with Crippen molar-refractivity contribution < 1.29 is 4.74 Å². The molecule has 0 aliphatic carbocycles. The lowest BCUT2D eigenvalue weighted by molar-refractivity contribution is 0.312. The van der Waals surface area contributed by atoms with Gasteiger partial charge in [-0.25, -0.2) is 0 Å². The van der Waals surface area contributed by atoms with Crippen LogP contribution >= 0.6 is 0 Å². The van der Waals surface area contributed by atoms with Crippen molar-refractivity contribution in [1.29, 1.82) is 5.26 Å². The minimum atomic E-state index is 0.718. The van der Waals surface area contributed by atoms with Crippen LogP contribution in [0.3, 0.4) is 0 Å². The molecule has 0 radical (unpaired) electrons. The maximum absolute atomic E-state index is 9.14. The molecule has 0 amide bonds. The first-order valence-electron chi connectivity index (χ1n) is 5.76. The zero-order chi connectivity index (χ0) is 12.3. The fourth-order valence-electron chi connectivity index (χ4n) is 2.04. The van der Waals surface area contributed by atoms with Crippen molar-refractivity contribution in [2.75, 3.05) is 45.2 Å². The van der Waals surface area contributed by atoms with E-state index in [1.807, 2.05) is 18.2 Å². The van der Waals surface area contributed by atoms with E-state index in [0.717, 1.165) is 43.2 Å². The molecule has 0 unspecified atom stereocenters. The van der Waals surface area contributed by atoms with Gasteiger partial charge >= 0.3 is 0 Å². The third-order valence-corrected chi connectivity index (χ3v) is 3.17. The SMILES string of the molecule is COc1ccc(C#N)c(N2CCN(C)CC2)c1. The van der Waals surface area contributed by atoms with E-state index < -0.39 is 0 Å². The number of hydrogen-bond acceptors (Lipinski definition) is 4. The molecule has 0 bridgehead atoms. The number of nitrogens with zero attached hydrogens (tertiary/aromatic N) is 3. The van der Waals surface area contributed by atoms with Crippen molar-refractivity contribution in [3.05, 3.63) is 23.8 Å². The molecule has 1 aromatic carbocycles. The summed E-state index contributed by atoms with van der Waals surface area (Å²) in [7, 11) is 3.77. The van der Waals surface area contributed by atoms with Crippen molar-refractivity contribution in [2.45, 2.75) is 0 Å². The zero-order valence-corrected chi connectivity index (χ0v) is 10.3. The predicted molar refractivity (Wildman–Crippen MR) is 67.4 cm³/mol. The van der Waals surface area contributed by atoms with Crippen LogP contribution in [0.5, 0.6) is 5.75 Å². The Kier molecular flexibility index (Phi) is 3.50. The summed E-state index contributed by atoms with van der Waals surface area (Å²) >= 11 is 0. The number of methoxy groups -OCH3 is 1. The van der Waals surface area contributed by atoms with E-state index in [0.29, 0.717) is 0 Å². The molecule has 0 atom stereocenters. The highest BCUT2D eigenvalue weighted by Crippen LogP contribution is 2.26. The van der Waals surface area contributed by atoms with Crippen molar-refractivity contribution in [3.63, 3.8) is 0 Å². The second kappa shape index (κ2) is 5.07. The molecule has 1 aliphatic heterocycles. The van der Waals surface area contributed by atoms with Gasteiger partial charge in [-0.3, -0.25) is 0 Å². The van der Waals surface area contributed by atoms with Crippen LogP contribution in [0.1, 0.15) is 5.56 Å². The van der Waals surface area contributed by atoms with E-state index in [2.05, 4.69) is 22.9 Å². The molecule has 0 saturated carbocycles. The molecule has 1 heterocycles. The van der Waals surface area contributed by atoms with E-state index >= 15 is 0 Å². The first-order chi connectivity index (χ1) is 8.24. The standard InChI is InChI=1S/C13H17N3O/c1-15-5-7-16(8-6-15)13-9-12(17-2)4-3-11(13)10-14/h3-4,9H,5-8H2,1-2H3. The Hall–Kier alpha value is -1.73. The maximum Gasteiger partial charge on any atom is 0.121 e. The van der Waals surface area contributed by atoms with E-state index in [9.17, 15) is 0 Å². The number of benzene rings is 1. The average molecular weight is 231 g/mol. The van der Waals surface area contributed by atoms with E-state index in [1.54, 1.807) is 7.11 Å². The van der Waals surface area contributed by atoms with Gasteiger partial charge in [0.2, 0.25) is 0 Å². The Balaban J connectivity index is 2.27. The highest BCUT2D eigenvalue weighted by molar-refractivity contribution is 5.62. The van der Waals surface area contributed by atoms with Gasteiger partial charge in [-0.15, -0.1) is 0 Å². The summed E-state index contributed by atoms with van der Waals surface area (Å²) in [6, 6.07) is 7.85. The maximum atomic E-state index is 9.14. The number of anilines is 1. The lowest BCUT2D eigenvalue weighted by atomic mass is 10.1. The highest BCUT2D eigenvalue weighted by atomic mass is 16.5. The lowest BCUT2D eigenvalue weighted by Gasteiger charge is -2.34. The summed E-state index contributed by atoms with van der Waals surface area (Å²) in [5.41, 5.74) is 1.70. The molecule has 1 fully saturated rings. The van der Waals surface area contributed by atoms with Gasteiger partial charge in [-0.05, 0) is 19.2 Å². The number of piperazine rings is 1. The van der Waals surface area contributed by atoms with Crippen LogP contribution in [0.25, 0.3) is 0 Å². The Morgan fingerprint density at radius 1 is 1.24 bits per heavy atom. The summed E-state index contributed by atoms with van der Waals surface area (Å²) in [6.07, 6.45) is 0. The largest absolute Gasteiger partial charge is 0.497 e. The molecule has 4 heteroatoms. The van der Waals surface area contributed by atoms with E-state index in [1.165, 1.54) is 0 Å². The first-order valence-corrected chi connectivity index (χ1v) is 5.76. The lowest BCUT2D eigenvalue weighted by Crippen LogP contribution is -2.44. The molecule has 17 heavy (non-hydrogen) atoms. The molecule has 0 aromatic heterocycles. The molecular formula is C13H17N3O. The summed E-state index contributed by atoms with van der Waals surface area (Å²) in [5, 5.41) is 9.14.